The van der Waals surface area contributed by atoms with E-state index in [2.05, 4.69) is 15.3 Å². The Bertz CT molecular complexity index is 711. The molecule has 3 aromatic rings. The van der Waals surface area contributed by atoms with Gasteiger partial charge in [0.15, 0.2) is 5.58 Å². The van der Waals surface area contributed by atoms with Crippen molar-refractivity contribution in [3.8, 4) is 0 Å². The van der Waals surface area contributed by atoms with Gasteiger partial charge in [0.2, 0.25) is 0 Å². The lowest BCUT2D eigenvalue weighted by molar-refractivity contribution is 0.471. The second-order valence-electron chi connectivity index (χ2n) is 4.43. The van der Waals surface area contributed by atoms with Crippen molar-refractivity contribution < 1.29 is 4.42 Å². The van der Waals surface area contributed by atoms with Crippen LogP contribution in [0.2, 0.25) is 5.02 Å². The lowest BCUT2D eigenvalue weighted by Crippen LogP contribution is -2.22. The van der Waals surface area contributed by atoms with Gasteiger partial charge in [-0.3, -0.25) is 0 Å². The normalized spacial score (nSPS) is 12.7. The predicted molar refractivity (Wildman–Crippen MR) is 78.8 cm³/mol. The molecule has 0 spiro atoms. The molecule has 0 radical (unpaired) electrons. The van der Waals surface area contributed by atoms with Crippen molar-refractivity contribution in [1.82, 2.24) is 15.3 Å². The van der Waals surface area contributed by atoms with Crippen LogP contribution in [0.5, 0.6) is 0 Å². The van der Waals surface area contributed by atoms with Crippen LogP contribution in [0.25, 0.3) is 11.0 Å². The summed E-state index contributed by atoms with van der Waals surface area (Å²) in [5, 5.41) is 4.98. The molecular weight excluding hydrogens is 274 g/mol. The Labute approximate surface area is 121 Å². The Balaban J connectivity index is 2.08. The van der Waals surface area contributed by atoms with Gasteiger partial charge in [0.25, 0.3) is 0 Å². The molecule has 3 rings (SSSR count). The highest BCUT2D eigenvalue weighted by Crippen LogP contribution is 2.31. The number of furan rings is 1. The Morgan fingerprint density at radius 2 is 2.25 bits per heavy atom. The van der Waals surface area contributed by atoms with Crippen molar-refractivity contribution >= 4 is 22.6 Å². The van der Waals surface area contributed by atoms with Crippen LogP contribution in [0.3, 0.4) is 0 Å². The van der Waals surface area contributed by atoms with E-state index in [0.717, 1.165) is 23.4 Å². The first-order valence-corrected chi connectivity index (χ1v) is 6.84. The molecule has 1 N–H and O–H groups in total. The van der Waals surface area contributed by atoms with Crippen LogP contribution in [0, 0.1) is 0 Å². The van der Waals surface area contributed by atoms with Crippen molar-refractivity contribution in [1.29, 1.82) is 0 Å². The van der Waals surface area contributed by atoms with Crippen LogP contribution < -0.4 is 5.32 Å². The summed E-state index contributed by atoms with van der Waals surface area (Å²) in [6.07, 6.45) is 3.26. The SMILES string of the molecule is CCNC(c1ccncn1)c1cc2cccc(Cl)c2o1. The molecule has 20 heavy (non-hydrogen) atoms. The smallest absolute Gasteiger partial charge is 0.152 e. The average Bonchev–Trinajstić information content (AvgIpc) is 2.91. The molecule has 0 aliphatic carbocycles. The largest absolute Gasteiger partial charge is 0.457 e. The van der Waals surface area contributed by atoms with Gasteiger partial charge in [-0.05, 0) is 24.7 Å². The zero-order valence-electron chi connectivity index (χ0n) is 11.0. The van der Waals surface area contributed by atoms with Crippen molar-refractivity contribution in [2.24, 2.45) is 0 Å². The molecular formula is C15H14ClN3O. The number of hydrogen-bond donors (Lipinski definition) is 1. The molecule has 0 saturated heterocycles. The van der Waals surface area contributed by atoms with Crippen LogP contribution >= 0.6 is 11.6 Å². The van der Waals surface area contributed by atoms with E-state index in [1.165, 1.54) is 6.33 Å². The van der Waals surface area contributed by atoms with Crippen LogP contribution in [-0.2, 0) is 0 Å². The van der Waals surface area contributed by atoms with E-state index in [0.29, 0.717) is 10.6 Å². The van der Waals surface area contributed by atoms with Gasteiger partial charge in [-0.2, -0.15) is 0 Å². The molecule has 0 amide bonds. The number of benzene rings is 1. The van der Waals surface area contributed by atoms with E-state index in [1.807, 2.05) is 37.3 Å². The zero-order chi connectivity index (χ0) is 13.9. The van der Waals surface area contributed by atoms with E-state index in [1.54, 1.807) is 6.20 Å². The summed E-state index contributed by atoms with van der Waals surface area (Å²) in [5.74, 6) is 0.800. The molecule has 102 valence electrons. The summed E-state index contributed by atoms with van der Waals surface area (Å²) in [6.45, 7) is 2.85. The number of aromatic nitrogens is 2. The number of halogens is 1. The maximum absolute atomic E-state index is 6.16. The average molecular weight is 288 g/mol. The Morgan fingerprint density at radius 1 is 1.35 bits per heavy atom. The Morgan fingerprint density at radius 3 is 2.95 bits per heavy atom. The second-order valence-corrected chi connectivity index (χ2v) is 4.84. The quantitative estimate of drug-likeness (QED) is 0.797. The standard InChI is InChI=1S/C15H14ClN3O/c1-2-18-14(12-6-7-17-9-19-12)13-8-10-4-3-5-11(16)15(10)20-13/h3-9,14,18H,2H2,1H3. The van der Waals surface area contributed by atoms with Gasteiger partial charge >= 0.3 is 0 Å². The van der Waals surface area contributed by atoms with E-state index < -0.39 is 0 Å². The number of nitrogens with zero attached hydrogens (tertiary/aromatic N) is 2. The van der Waals surface area contributed by atoms with Gasteiger partial charge < -0.3 is 9.73 Å². The molecule has 1 aromatic carbocycles. The molecule has 2 heterocycles. The van der Waals surface area contributed by atoms with Crippen LogP contribution in [0.15, 0.2) is 47.3 Å². The third-order valence-corrected chi connectivity index (χ3v) is 3.41. The van der Waals surface area contributed by atoms with Crippen molar-refractivity contribution in [2.45, 2.75) is 13.0 Å². The summed E-state index contributed by atoms with van der Waals surface area (Å²) < 4.78 is 5.91. The minimum absolute atomic E-state index is 0.105. The fourth-order valence-electron chi connectivity index (χ4n) is 2.22. The zero-order valence-corrected chi connectivity index (χ0v) is 11.8. The first-order chi connectivity index (χ1) is 9.79. The highest BCUT2D eigenvalue weighted by molar-refractivity contribution is 6.34. The van der Waals surface area contributed by atoms with E-state index in [-0.39, 0.29) is 6.04 Å². The van der Waals surface area contributed by atoms with Gasteiger partial charge in [-0.15, -0.1) is 0 Å². The third-order valence-electron chi connectivity index (χ3n) is 3.11. The Kier molecular flexibility index (Phi) is 3.67. The molecule has 5 heteroatoms. The molecule has 0 saturated carbocycles. The Hall–Kier alpha value is -1.91. The highest BCUT2D eigenvalue weighted by Gasteiger charge is 2.19. The van der Waals surface area contributed by atoms with E-state index in [4.69, 9.17) is 16.0 Å². The van der Waals surface area contributed by atoms with Crippen molar-refractivity contribution in [2.75, 3.05) is 6.54 Å². The van der Waals surface area contributed by atoms with Crippen LogP contribution in [0.1, 0.15) is 24.4 Å². The van der Waals surface area contributed by atoms with Gasteiger partial charge in [0.1, 0.15) is 18.1 Å². The summed E-state index contributed by atoms with van der Waals surface area (Å²) in [7, 11) is 0. The lowest BCUT2D eigenvalue weighted by Gasteiger charge is -2.14. The van der Waals surface area contributed by atoms with Gasteiger partial charge in [-0.25, -0.2) is 9.97 Å². The van der Waals surface area contributed by atoms with Crippen LogP contribution in [0.4, 0.5) is 0 Å². The van der Waals surface area contributed by atoms with E-state index >= 15 is 0 Å². The molecule has 0 aliphatic rings. The minimum Gasteiger partial charge on any atom is -0.457 e. The molecule has 1 atom stereocenters. The maximum Gasteiger partial charge on any atom is 0.152 e. The summed E-state index contributed by atoms with van der Waals surface area (Å²) in [6, 6.07) is 9.49. The number of nitrogens with one attached hydrogen (secondary N) is 1. The number of hydrogen-bond acceptors (Lipinski definition) is 4. The number of para-hydroxylation sites is 1. The van der Waals surface area contributed by atoms with Crippen LogP contribution in [-0.4, -0.2) is 16.5 Å². The van der Waals surface area contributed by atoms with Crippen molar-refractivity contribution in [3.05, 3.63) is 59.3 Å². The second kappa shape index (κ2) is 5.61. The predicted octanol–water partition coefficient (Wildman–Crippen LogP) is 3.58. The first kappa shape index (κ1) is 13.1. The summed E-state index contributed by atoms with van der Waals surface area (Å²) >= 11 is 6.16. The molecule has 2 aromatic heterocycles. The summed E-state index contributed by atoms with van der Waals surface area (Å²) in [5.41, 5.74) is 1.58. The third kappa shape index (κ3) is 2.40. The fourth-order valence-corrected chi connectivity index (χ4v) is 2.44. The van der Waals surface area contributed by atoms with Gasteiger partial charge in [0.05, 0.1) is 10.7 Å². The topological polar surface area (TPSA) is 51.0 Å². The number of fused-ring (bicyclic) bond motifs is 1. The lowest BCUT2D eigenvalue weighted by atomic mass is 10.1. The molecule has 0 aliphatic heterocycles. The first-order valence-electron chi connectivity index (χ1n) is 6.47. The molecule has 4 nitrogen and oxygen atoms in total. The maximum atomic E-state index is 6.16. The van der Waals surface area contributed by atoms with Gasteiger partial charge in [-0.1, -0.05) is 30.7 Å². The number of rotatable bonds is 4. The molecule has 0 bridgehead atoms. The highest BCUT2D eigenvalue weighted by atomic mass is 35.5. The fraction of sp³-hybridized carbons (Fsp3) is 0.200. The minimum atomic E-state index is -0.105. The summed E-state index contributed by atoms with van der Waals surface area (Å²) in [4.78, 5) is 8.25. The monoisotopic (exact) mass is 287 g/mol. The molecule has 1 unspecified atom stereocenters. The van der Waals surface area contributed by atoms with Crippen molar-refractivity contribution in [3.63, 3.8) is 0 Å². The van der Waals surface area contributed by atoms with Gasteiger partial charge in [0, 0.05) is 11.6 Å². The molecule has 0 fully saturated rings. The van der Waals surface area contributed by atoms with E-state index in [9.17, 15) is 0 Å².